The Hall–Kier alpha value is -3.19. The van der Waals surface area contributed by atoms with Gasteiger partial charge in [-0.25, -0.2) is 9.78 Å². The number of piperidine rings is 1. The number of likely N-dealkylation sites (tertiary alicyclic amines) is 1. The van der Waals surface area contributed by atoms with Crippen LogP contribution in [0.5, 0.6) is 0 Å². The van der Waals surface area contributed by atoms with E-state index in [-0.39, 0.29) is 11.9 Å². The van der Waals surface area contributed by atoms with Crippen LogP contribution in [-0.4, -0.2) is 63.4 Å². The Morgan fingerprint density at radius 2 is 1.84 bits per heavy atom. The molecule has 2 N–H and O–H groups in total. The molecule has 3 amide bonds. The van der Waals surface area contributed by atoms with Gasteiger partial charge < -0.3 is 9.88 Å². The van der Waals surface area contributed by atoms with Crippen molar-refractivity contribution in [2.24, 2.45) is 0 Å². The largest absolute Gasteiger partial charge is 0.338 e. The van der Waals surface area contributed by atoms with Crippen molar-refractivity contribution in [3.8, 4) is 0 Å². The number of imidazole rings is 1. The molecule has 2 aliphatic carbocycles. The van der Waals surface area contributed by atoms with E-state index in [2.05, 4.69) is 57.7 Å². The Balaban J connectivity index is 1.27. The number of H-pyrrole nitrogens is 1. The molecule has 1 aromatic heterocycles. The zero-order valence-corrected chi connectivity index (χ0v) is 18.2. The quantitative estimate of drug-likeness (QED) is 0.720. The van der Waals surface area contributed by atoms with Crippen LogP contribution >= 0.6 is 0 Å². The van der Waals surface area contributed by atoms with Crippen LogP contribution in [0.15, 0.2) is 42.5 Å². The van der Waals surface area contributed by atoms with Crippen molar-refractivity contribution in [1.82, 2.24) is 25.1 Å². The van der Waals surface area contributed by atoms with Gasteiger partial charge >= 0.3 is 6.03 Å². The highest BCUT2D eigenvalue weighted by molar-refractivity contribution is 6.07. The lowest BCUT2D eigenvalue weighted by atomic mass is 9.95. The fourth-order valence-electron chi connectivity index (χ4n) is 5.56. The van der Waals surface area contributed by atoms with Gasteiger partial charge in [-0.05, 0) is 49.2 Å². The first-order valence-electron chi connectivity index (χ1n) is 11.5. The molecule has 1 aromatic carbocycles. The van der Waals surface area contributed by atoms with Crippen molar-refractivity contribution in [2.75, 3.05) is 20.1 Å². The molecule has 0 bridgehead atoms. The van der Waals surface area contributed by atoms with Crippen LogP contribution < -0.4 is 5.32 Å². The number of hydrogen-bond donors (Lipinski definition) is 2. The maximum absolute atomic E-state index is 12.5. The van der Waals surface area contributed by atoms with Crippen molar-refractivity contribution in [3.63, 3.8) is 0 Å². The molecule has 2 atom stereocenters. The molecule has 6 rings (SSSR count). The van der Waals surface area contributed by atoms with Crippen LogP contribution in [0, 0.1) is 0 Å². The van der Waals surface area contributed by atoms with E-state index in [1.807, 2.05) is 0 Å². The van der Waals surface area contributed by atoms with E-state index in [0.717, 1.165) is 46.6 Å². The maximum atomic E-state index is 12.5. The van der Waals surface area contributed by atoms with Gasteiger partial charge in [0.25, 0.3) is 5.91 Å². The summed E-state index contributed by atoms with van der Waals surface area (Å²) in [6.07, 6.45) is 15.9. The van der Waals surface area contributed by atoms with Gasteiger partial charge in [0.1, 0.15) is 11.4 Å². The summed E-state index contributed by atoms with van der Waals surface area (Å²) in [6, 6.07) is 4.17. The van der Waals surface area contributed by atoms with E-state index in [1.165, 1.54) is 19.3 Å². The average molecular weight is 430 g/mol. The number of hydrogen-bond acceptors (Lipinski definition) is 4. The summed E-state index contributed by atoms with van der Waals surface area (Å²) in [5.74, 6) is 0.645. The number of fused-ring (bicyclic) bond motifs is 2. The summed E-state index contributed by atoms with van der Waals surface area (Å²) in [5.41, 5.74) is 4.29. The zero-order valence-electron chi connectivity index (χ0n) is 18.2. The van der Waals surface area contributed by atoms with Crippen LogP contribution in [0.3, 0.4) is 0 Å². The molecule has 3 heterocycles. The SMILES string of the molecule is CN1C(=O)NC(=O)C12Cc1cc3nc(C4=CC=CC(N5CCCCC5)C=C4)[nH]c3cc1C2. The van der Waals surface area contributed by atoms with Crippen LogP contribution in [0.4, 0.5) is 4.79 Å². The molecule has 164 valence electrons. The first-order valence-corrected chi connectivity index (χ1v) is 11.5. The summed E-state index contributed by atoms with van der Waals surface area (Å²) in [7, 11) is 1.70. The van der Waals surface area contributed by atoms with Crippen molar-refractivity contribution >= 4 is 28.5 Å². The number of carbonyl (C=O) groups is 2. The Bertz CT molecular complexity index is 1170. The molecule has 2 fully saturated rings. The fourth-order valence-corrected chi connectivity index (χ4v) is 5.56. The lowest BCUT2D eigenvalue weighted by molar-refractivity contribution is -0.125. The van der Waals surface area contributed by atoms with E-state index >= 15 is 0 Å². The highest BCUT2D eigenvalue weighted by atomic mass is 16.2. The third-order valence-electron chi connectivity index (χ3n) is 7.50. The highest BCUT2D eigenvalue weighted by Gasteiger charge is 2.54. The highest BCUT2D eigenvalue weighted by Crippen LogP contribution is 2.38. The zero-order chi connectivity index (χ0) is 21.9. The molecule has 1 spiro atoms. The van der Waals surface area contributed by atoms with Crippen molar-refractivity contribution in [3.05, 3.63) is 59.5 Å². The minimum absolute atomic E-state index is 0.206. The van der Waals surface area contributed by atoms with Gasteiger partial charge in [0.2, 0.25) is 0 Å². The first-order chi connectivity index (χ1) is 15.5. The minimum Gasteiger partial charge on any atom is -0.338 e. The Labute approximate surface area is 186 Å². The molecule has 4 aliphatic rings. The predicted octanol–water partition coefficient (Wildman–Crippen LogP) is 2.95. The van der Waals surface area contributed by atoms with Crippen molar-refractivity contribution in [2.45, 2.75) is 43.7 Å². The van der Waals surface area contributed by atoms with E-state index < -0.39 is 5.54 Å². The lowest BCUT2D eigenvalue weighted by Gasteiger charge is -2.30. The number of benzene rings is 1. The van der Waals surface area contributed by atoms with Gasteiger partial charge in [-0.1, -0.05) is 36.8 Å². The molecule has 7 heteroatoms. The van der Waals surface area contributed by atoms with Gasteiger partial charge in [0.15, 0.2) is 0 Å². The molecule has 32 heavy (non-hydrogen) atoms. The smallest absolute Gasteiger partial charge is 0.324 e. The Kier molecular flexibility index (Phi) is 4.37. The third kappa shape index (κ3) is 2.95. The maximum Gasteiger partial charge on any atom is 0.324 e. The van der Waals surface area contributed by atoms with Gasteiger partial charge in [0, 0.05) is 31.5 Å². The Morgan fingerprint density at radius 1 is 1.06 bits per heavy atom. The molecule has 7 nitrogen and oxygen atoms in total. The Morgan fingerprint density at radius 3 is 2.59 bits per heavy atom. The minimum atomic E-state index is -0.804. The van der Waals surface area contributed by atoms with E-state index in [4.69, 9.17) is 4.98 Å². The van der Waals surface area contributed by atoms with Crippen LogP contribution in [0.2, 0.25) is 0 Å². The van der Waals surface area contributed by atoms with Gasteiger partial charge in [0.05, 0.1) is 11.0 Å². The van der Waals surface area contributed by atoms with Gasteiger partial charge in [-0.3, -0.25) is 15.0 Å². The molecule has 0 saturated carbocycles. The van der Waals surface area contributed by atoms with Gasteiger partial charge in [-0.2, -0.15) is 0 Å². The van der Waals surface area contributed by atoms with Crippen molar-refractivity contribution in [1.29, 1.82) is 0 Å². The van der Waals surface area contributed by atoms with Gasteiger partial charge in [-0.15, -0.1) is 0 Å². The number of likely N-dealkylation sites (N-methyl/N-ethyl adjacent to an activating group) is 1. The molecule has 2 saturated heterocycles. The second-order valence-electron chi connectivity index (χ2n) is 9.38. The average Bonchev–Trinajstić information content (AvgIpc) is 3.35. The van der Waals surface area contributed by atoms with E-state index in [1.54, 1.807) is 11.9 Å². The fraction of sp³-hybridized carbons (Fsp3) is 0.400. The number of imide groups is 1. The number of urea groups is 1. The number of nitrogens with one attached hydrogen (secondary N) is 2. The monoisotopic (exact) mass is 429 g/mol. The number of aromatic amines is 1. The summed E-state index contributed by atoms with van der Waals surface area (Å²) in [6.45, 7) is 2.32. The number of allylic oxidation sites excluding steroid dienone is 4. The molecule has 2 aromatic rings. The van der Waals surface area contributed by atoms with Crippen LogP contribution in [-0.2, 0) is 17.6 Å². The second kappa shape index (κ2) is 7.17. The predicted molar refractivity (Wildman–Crippen MR) is 123 cm³/mol. The number of aromatic nitrogens is 2. The number of amides is 3. The third-order valence-corrected chi connectivity index (χ3v) is 7.50. The standard InChI is InChI=1S/C25H27N5O2/c1-29-24(32)28-23(31)25(29)14-17-12-20-21(13-18(17)15-25)27-22(26-20)16-6-5-7-19(9-8-16)30-10-3-2-4-11-30/h5-9,12-13,19H,2-4,10-11,14-15H2,1H3,(H,26,27)(H,28,31,32). The molecule has 2 aliphatic heterocycles. The second-order valence-corrected chi connectivity index (χ2v) is 9.38. The molecular formula is C25H27N5O2. The van der Waals surface area contributed by atoms with Crippen LogP contribution in [0.1, 0.15) is 36.2 Å². The molecular weight excluding hydrogens is 402 g/mol. The summed E-state index contributed by atoms with van der Waals surface area (Å²) < 4.78 is 0. The summed E-state index contributed by atoms with van der Waals surface area (Å²) in [4.78, 5) is 36.9. The van der Waals surface area contributed by atoms with E-state index in [9.17, 15) is 9.59 Å². The molecule has 2 unspecified atom stereocenters. The van der Waals surface area contributed by atoms with Crippen molar-refractivity contribution < 1.29 is 9.59 Å². The normalized spacial score (nSPS) is 24.8. The topological polar surface area (TPSA) is 81.3 Å². The number of nitrogens with zero attached hydrogens (tertiary/aromatic N) is 3. The first kappa shape index (κ1) is 19.5. The number of carbonyl (C=O) groups excluding carboxylic acids is 2. The molecule has 0 radical (unpaired) electrons. The summed E-state index contributed by atoms with van der Waals surface area (Å²) in [5, 5.41) is 2.45. The number of rotatable bonds is 2. The van der Waals surface area contributed by atoms with Crippen LogP contribution in [0.25, 0.3) is 16.6 Å². The lowest BCUT2D eigenvalue weighted by Crippen LogP contribution is -2.48. The summed E-state index contributed by atoms with van der Waals surface area (Å²) >= 11 is 0. The van der Waals surface area contributed by atoms with E-state index in [0.29, 0.717) is 18.9 Å².